The second-order valence-corrected chi connectivity index (χ2v) is 4.20. The van der Waals surface area contributed by atoms with Crippen LogP contribution in [0.4, 0.5) is 24.5 Å². The SMILES string of the molecule is Cc1c(N)cccc1C(=O)Nc1ccc(F)c(F)c1F. The maximum absolute atomic E-state index is 13.5. The fraction of sp³-hybridized carbons (Fsp3) is 0.0714. The van der Waals surface area contributed by atoms with E-state index >= 15 is 0 Å². The number of anilines is 2. The molecule has 3 nitrogen and oxygen atoms in total. The third kappa shape index (κ3) is 2.45. The van der Waals surface area contributed by atoms with Crippen LogP contribution in [-0.2, 0) is 0 Å². The van der Waals surface area contributed by atoms with Crippen LogP contribution in [0, 0.1) is 24.4 Å². The Balaban J connectivity index is 2.33. The van der Waals surface area contributed by atoms with E-state index in [1.165, 1.54) is 6.07 Å². The molecule has 2 aromatic rings. The minimum absolute atomic E-state index is 0.231. The summed E-state index contributed by atoms with van der Waals surface area (Å²) in [6.45, 7) is 1.63. The number of nitrogens with one attached hydrogen (secondary N) is 1. The predicted molar refractivity (Wildman–Crippen MR) is 69.9 cm³/mol. The lowest BCUT2D eigenvalue weighted by atomic mass is 10.1. The van der Waals surface area contributed by atoms with Crippen molar-refractivity contribution < 1.29 is 18.0 Å². The molecule has 1 amide bonds. The predicted octanol–water partition coefficient (Wildman–Crippen LogP) is 3.25. The molecule has 0 saturated carbocycles. The third-order valence-corrected chi connectivity index (χ3v) is 2.90. The van der Waals surface area contributed by atoms with Gasteiger partial charge in [-0.05, 0) is 36.8 Å². The van der Waals surface area contributed by atoms with E-state index in [1.807, 2.05) is 0 Å². The van der Waals surface area contributed by atoms with Crippen LogP contribution in [0.3, 0.4) is 0 Å². The molecule has 0 bridgehead atoms. The molecule has 20 heavy (non-hydrogen) atoms. The van der Waals surface area contributed by atoms with Gasteiger partial charge < -0.3 is 11.1 Å². The van der Waals surface area contributed by atoms with Crippen LogP contribution < -0.4 is 11.1 Å². The number of rotatable bonds is 2. The molecule has 104 valence electrons. The van der Waals surface area contributed by atoms with Crippen molar-refractivity contribution in [1.29, 1.82) is 0 Å². The summed E-state index contributed by atoms with van der Waals surface area (Å²) in [5.41, 5.74) is 6.39. The van der Waals surface area contributed by atoms with E-state index in [4.69, 9.17) is 5.73 Å². The highest BCUT2D eigenvalue weighted by atomic mass is 19.2. The quantitative estimate of drug-likeness (QED) is 0.655. The Morgan fingerprint density at radius 2 is 1.80 bits per heavy atom. The van der Waals surface area contributed by atoms with Gasteiger partial charge in [0.1, 0.15) is 0 Å². The Bertz CT molecular complexity index is 686. The number of benzene rings is 2. The highest BCUT2D eigenvalue weighted by Crippen LogP contribution is 2.22. The molecule has 0 radical (unpaired) electrons. The normalized spacial score (nSPS) is 10.4. The molecule has 2 rings (SSSR count). The third-order valence-electron chi connectivity index (χ3n) is 2.90. The van der Waals surface area contributed by atoms with Gasteiger partial charge in [-0.25, -0.2) is 13.2 Å². The highest BCUT2D eigenvalue weighted by Gasteiger charge is 2.17. The number of carbonyl (C=O) groups excluding carboxylic acids is 1. The summed E-state index contributed by atoms with van der Waals surface area (Å²) >= 11 is 0. The fourth-order valence-corrected chi connectivity index (χ4v) is 1.71. The molecular weight excluding hydrogens is 269 g/mol. The Morgan fingerprint density at radius 1 is 1.10 bits per heavy atom. The van der Waals surface area contributed by atoms with E-state index in [2.05, 4.69) is 5.32 Å². The molecule has 2 aromatic carbocycles. The van der Waals surface area contributed by atoms with Gasteiger partial charge in [-0.1, -0.05) is 6.07 Å². The van der Waals surface area contributed by atoms with Gasteiger partial charge in [0, 0.05) is 11.3 Å². The van der Waals surface area contributed by atoms with Crippen LogP contribution in [0.2, 0.25) is 0 Å². The summed E-state index contributed by atoms with van der Waals surface area (Å²) in [7, 11) is 0. The summed E-state index contributed by atoms with van der Waals surface area (Å²) in [5, 5.41) is 2.19. The van der Waals surface area contributed by atoms with E-state index in [1.54, 1.807) is 19.1 Å². The van der Waals surface area contributed by atoms with Crippen LogP contribution in [0.15, 0.2) is 30.3 Å². The lowest BCUT2D eigenvalue weighted by Crippen LogP contribution is -2.15. The zero-order valence-corrected chi connectivity index (χ0v) is 10.5. The van der Waals surface area contributed by atoms with Gasteiger partial charge in [0.25, 0.3) is 5.91 Å². The first-order valence-electron chi connectivity index (χ1n) is 5.71. The number of carbonyl (C=O) groups is 1. The Kier molecular flexibility index (Phi) is 3.65. The minimum atomic E-state index is -1.63. The van der Waals surface area contributed by atoms with Crippen molar-refractivity contribution in [3.63, 3.8) is 0 Å². The number of nitrogens with two attached hydrogens (primary N) is 1. The van der Waals surface area contributed by atoms with Gasteiger partial charge in [0.05, 0.1) is 5.69 Å². The minimum Gasteiger partial charge on any atom is -0.398 e. The molecule has 0 aliphatic carbocycles. The molecule has 0 fully saturated rings. The van der Waals surface area contributed by atoms with Crippen molar-refractivity contribution in [1.82, 2.24) is 0 Å². The molecule has 0 aromatic heterocycles. The molecule has 0 unspecified atom stereocenters. The first kappa shape index (κ1) is 13.9. The van der Waals surface area contributed by atoms with Gasteiger partial charge >= 0.3 is 0 Å². The van der Waals surface area contributed by atoms with Crippen molar-refractivity contribution in [2.75, 3.05) is 11.1 Å². The molecule has 0 aliphatic rings. The number of amides is 1. The van der Waals surface area contributed by atoms with Crippen molar-refractivity contribution in [2.24, 2.45) is 0 Å². The van der Waals surface area contributed by atoms with Crippen LogP contribution in [0.5, 0.6) is 0 Å². The van der Waals surface area contributed by atoms with Gasteiger partial charge in [-0.3, -0.25) is 4.79 Å². The molecular formula is C14H11F3N2O. The molecule has 0 saturated heterocycles. The van der Waals surface area contributed by atoms with Crippen molar-refractivity contribution >= 4 is 17.3 Å². The number of nitrogen functional groups attached to an aromatic ring is 1. The van der Waals surface area contributed by atoms with E-state index in [9.17, 15) is 18.0 Å². The maximum Gasteiger partial charge on any atom is 0.256 e. The molecule has 3 N–H and O–H groups in total. The fourth-order valence-electron chi connectivity index (χ4n) is 1.71. The van der Waals surface area contributed by atoms with Crippen LogP contribution >= 0.6 is 0 Å². The largest absolute Gasteiger partial charge is 0.398 e. The lowest BCUT2D eigenvalue weighted by molar-refractivity contribution is 0.102. The average Bonchev–Trinajstić information content (AvgIpc) is 2.42. The molecule has 0 heterocycles. The first-order chi connectivity index (χ1) is 9.41. The summed E-state index contributed by atoms with van der Waals surface area (Å²) in [6.07, 6.45) is 0. The molecule has 0 spiro atoms. The van der Waals surface area contributed by atoms with Gasteiger partial charge in [-0.15, -0.1) is 0 Å². The topological polar surface area (TPSA) is 55.1 Å². The van der Waals surface area contributed by atoms with E-state index in [0.717, 1.165) is 12.1 Å². The summed E-state index contributed by atoms with van der Waals surface area (Å²) in [4.78, 5) is 12.0. The van der Waals surface area contributed by atoms with Crippen LogP contribution in [0.1, 0.15) is 15.9 Å². The second-order valence-electron chi connectivity index (χ2n) is 4.20. The summed E-state index contributed by atoms with van der Waals surface area (Å²) < 4.78 is 39.3. The summed E-state index contributed by atoms with van der Waals surface area (Å²) in [5.74, 6) is -5.05. The van der Waals surface area contributed by atoms with E-state index in [0.29, 0.717) is 11.3 Å². The zero-order chi connectivity index (χ0) is 14.9. The number of hydrogen-bond donors (Lipinski definition) is 2. The first-order valence-corrected chi connectivity index (χ1v) is 5.71. The van der Waals surface area contributed by atoms with Crippen molar-refractivity contribution in [2.45, 2.75) is 6.92 Å². The van der Waals surface area contributed by atoms with Gasteiger partial charge in [0.15, 0.2) is 17.5 Å². The Morgan fingerprint density at radius 3 is 2.50 bits per heavy atom. The van der Waals surface area contributed by atoms with Crippen LogP contribution in [0.25, 0.3) is 0 Å². The standard InChI is InChI=1S/C14H11F3N2O/c1-7-8(3-2-4-10(7)18)14(20)19-11-6-5-9(15)12(16)13(11)17/h2-6H,18H2,1H3,(H,19,20). The number of halogens is 3. The van der Waals surface area contributed by atoms with Crippen molar-refractivity contribution in [3.8, 4) is 0 Å². The Labute approximate surface area is 113 Å². The molecule has 0 atom stereocenters. The van der Waals surface area contributed by atoms with Crippen LogP contribution in [-0.4, -0.2) is 5.91 Å². The monoisotopic (exact) mass is 280 g/mol. The Hall–Kier alpha value is -2.50. The zero-order valence-electron chi connectivity index (χ0n) is 10.5. The smallest absolute Gasteiger partial charge is 0.256 e. The van der Waals surface area contributed by atoms with E-state index < -0.39 is 29.0 Å². The van der Waals surface area contributed by atoms with Gasteiger partial charge in [0.2, 0.25) is 0 Å². The average molecular weight is 280 g/mol. The highest BCUT2D eigenvalue weighted by molar-refractivity contribution is 6.06. The number of hydrogen-bond acceptors (Lipinski definition) is 2. The summed E-state index contributed by atoms with van der Waals surface area (Å²) in [6, 6.07) is 6.37. The molecule has 6 heteroatoms. The maximum atomic E-state index is 13.5. The van der Waals surface area contributed by atoms with E-state index in [-0.39, 0.29) is 5.56 Å². The van der Waals surface area contributed by atoms with Crippen molar-refractivity contribution in [3.05, 3.63) is 58.9 Å². The van der Waals surface area contributed by atoms with Gasteiger partial charge in [-0.2, -0.15) is 0 Å². The molecule has 0 aliphatic heterocycles. The lowest BCUT2D eigenvalue weighted by Gasteiger charge is -2.10. The second kappa shape index (κ2) is 5.24.